The smallest absolute Gasteiger partial charge is 0.294 e. The number of furan rings is 1. The fourth-order valence-electron chi connectivity index (χ4n) is 3.88. The second-order valence-corrected chi connectivity index (χ2v) is 9.51. The lowest BCUT2D eigenvalue weighted by Crippen LogP contribution is -2.41. The zero-order chi connectivity index (χ0) is 22.8. The molecule has 7 nitrogen and oxygen atoms in total. The number of rotatable bonds is 5. The number of anilines is 2. The summed E-state index contributed by atoms with van der Waals surface area (Å²) in [5.41, 5.74) is 0.872. The highest BCUT2D eigenvalue weighted by molar-refractivity contribution is 9.10. The summed E-state index contributed by atoms with van der Waals surface area (Å²) < 4.78 is 6.66. The minimum Gasteiger partial charge on any atom is -0.449 e. The number of piperidine rings is 1. The van der Waals surface area contributed by atoms with Crippen LogP contribution in [0.15, 0.2) is 45.4 Å². The highest BCUT2D eigenvalue weighted by Crippen LogP contribution is 2.34. The highest BCUT2D eigenvalue weighted by atomic mass is 79.9. The Labute approximate surface area is 199 Å². The molecule has 0 aliphatic carbocycles. The van der Waals surface area contributed by atoms with Gasteiger partial charge in [0.1, 0.15) is 17.1 Å². The van der Waals surface area contributed by atoms with Crippen LogP contribution in [0.5, 0.6) is 0 Å². The van der Waals surface area contributed by atoms with Gasteiger partial charge in [0, 0.05) is 28.0 Å². The molecular formula is C23H24BrClN4O3. The van der Waals surface area contributed by atoms with Crippen molar-refractivity contribution in [3.8, 4) is 0 Å². The van der Waals surface area contributed by atoms with Crippen molar-refractivity contribution in [3.63, 3.8) is 0 Å². The first-order valence-electron chi connectivity index (χ1n) is 10.5. The van der Waals surface area contributed by atoms with E-state index in [0.717, 1.165) is 30.4 Å². The van der Waals surface area contributed by atoms with Crippen LogP contribution in [-0.2, 0) is 4.79 Å². The van der Waals surface area contributed by atoms with E-state index in [1.54, 1.807) is 18.2 Å². The predicted molar refractivity (Wildman–Crippen MR) is 129 cm³/mol. The van der Waals surface area contributed by atoms with Gasteiger partial charge in [0.25, 0.3) is 5.91 Å². The average molecular weight is 520 g/mol. The van der Waals surface area contributed by atoms with Crippen LogP contribution in [0.4, 0.5) is 11.5 Å². The summed E-state index contributed by atoms with van der Waals surface area (Å²) >= 11 is 9.32. The molecule has 4 rings (SSSR count). The van der Waals surface area contributed by atoms with Crippen molar-refractivity contribution in [2.24, 2.45) is 5.92 Å². The van der Waals surface area contributed by atoms with Gasteiger partial charge in [0.05, 0.1) is 5.02 Å². The summed E-state index contributed by atoms with van der Waals surface area (Å²) in [6, 6.07) is 9.10. The zero-order valence-electron chi connectivity index (χ0n) is 17.8. The lowest BCUT2D eigenvalue weighted by atomic mass is 9.95. The molecule has 2 aromatic heterocycles. The van der Waals surface area contributed by atoms with Gasteiger partial charge >= 0.3 is 0 Å². The van der Waals surface area contributed by atoms with Crippen molar-refractivity contribution < 1.29 is 14.0 Å². The topological polar surface area (TPSA) is 87.5 Å². The third kappa shape index (κ3) is 4.98. The molecule has 3 aromatic rings. The second-order valence-electron chi connectivity index (χ2n) is 8.16. The lowest BCUT2D eigenvalue weighted by Gasteiger charge is -2.33. The van der Waals surface area contributed by atoms with Gasteiger partial charge < -0.3 is 20.0 Å². The Morgan fingerprint density at radius 3 is 2.59 bits per heavy atom. The number of nitrogens with one attached hydrogen (secondary N) is 2. The quantitative estimate of drug-likeness (QED) is 0.461. The summed E-state index contributed by atoms with van der Waals surface area (Å²) in [5.74, 6) is -0.357. The largest absolute Gasteiger partial charge is 0.449 e. The summed E-state index contributed by atoms with van der Waals surface area (Å²) in [6.07, 6.45) is 3.00. The van der Waals surface area contributed by atoms with Crippen LogP contribution in [0.3, 0.4) is 0 Å². The van der Waals surface area contributed by atoms with Gasteiger partial charge in [-0.05, 0) is 70.1 Å². The van der Waals surface area contributed by atoms with Crippen molar-refractivity contribution in [2.75, 3.05) is 23.7 Å². The maximum atomic E-state index is 13.1. The Hall–Kier alpha value is -2.42. The van der Waals surface area contributed by atoms with E-state index in [4.69, 9.17) is 16.0 Å². The molecule has 0 radical (unpaired) electrons. The predicted octanol–water partition coefficient (Wildman–Crippen LogP) is 5.55. The molecule has 1 saturated heterocycles. The monoisotopic (exact) mass is 518 g/mol. The van der Waals surface area contributed by atoms with Gasteiger partial charge in [-0.25, -0.2) is 4.98 Å². The van der Waals surface area contributed by atoms with Crippen molar-refractivity contribution in [2.45, 2.75) is 32.7 Å². The molecule has 2 amide bonds. The molecule has 1 aliphatic heterocycles. The van der Waals surface area contributed by atoms with Crippen LogP contribution in [0.25, 0.3) is 11.0 Å². The third-order valence-electron chi connectivity index (χ3n) is 5.70. The standard InChI is InChI=1S/C23H24BrClN4O3/c1-13(2)29-9-7-14(8-10-29)22(30)28-20-17-11-15(24)3-5-18(17)32-21(20)23(31)27-19-6-4-16(25)12-26-19/h3-6,11-14H,7-10H2,1-2H3,(H,28,30)(H,26,27,31). The number of pyridine rings is 1. The van der Waals surface area contributed by atoms with Crippen LogP contribution in [0.2, 0.25) is 5.02 Å². The summed E-state index contributed by atoms with van der Waals surface area (Å²) in [5, 5.41) is 6.80. The van der Waals surface area contributed by atoms with Crippen molar-refractivity contribution in [3.05, 3.63) is 51.8 Å². The molecule has 0 unspecified atom stereocenters. The molecule has 168 valence electrons. The minimum absolute atomic E-state index is 0.0304. The number of benzene rings is 1. The van der Waals surface area contributed by atoms with Crippen LogP contribution in [0.1, 0.15) is 37.2 Å². The molecule has 0 spiro atoms. The number of likely N-dealkylation sites (tertiary alicyclic amines) is 1. The third-order valence-corrected chi connectivity index (χ3v) is 6.42. The number of halogens is 2. The van der Waals surface area contributed by atoms with E-state index in [1.165, 1.54) is 6.20 Å². The molecule has 1 aromatic carbocycles. The summed E-state index contributed by atoms with van der Waals surface area (Å²) in [4.78, 5) is 32.6. The maximum Gasteiger partial charge on any atom is 0.294 e. The van der Waals surface area contributed by atoms with E-state index in [9.17, 15) is 9.59 Å². The van der Waals surface area contributed by atoms with E-state index >= 15 is 0 Å². The van der Waals surface area contributed by atoms with E-state index in [-0.39, 0.29) is 17.6 Å². The lowest BCUT2D eigenvalue weighted by molar-refractivity contribution is -0.121. The minimum atomic E-state index is -0.503. The fourth-order valence-corrected chi connectivity index (χ4v) is 4.35. The zero-order valence-corrected chi connectivity index (χ0v) is 20.2. The Balaban J connectivity index is 1.59. The number of amides is 2. The maximum absolute atomic E-state index is 13.1. The molecule has 1 aliphatic rings. The van der Waals surface area contributed by atoms with E-state index in [1.807, 2.05) is 12.1 Å². The normalized spacial score (nSPS) is 15.3. The Kier molecular flexibility index (Phi) is 6.83. The fraction of sp³-hybridized carbons (Fsp3) is 0.348. The second kappa shape index (κ2) is 9.60. The highest BCUT2D eigenvalue weighted by Gasteiger charge is 2.29. The Bertz CT molecular complexity index is 1140. The van der Waals surface area contributed by atoms with Gasteiger partial charge in [-0.3, -0.25) is 9.59 Å². The van der Waals surface area contributed by atoms with Gasteiger partial charge in [-0.15, -0.1) is 0 Å². The Morgan fingerprint density at radius 2 is 1.94 bits per heavy atom. The average Bonchev–Trinajstić information content (AvgIpc) is 3.13. The van der Waals surface area contributed by atoms with Crippen LogP contribution in [-0.4, -0.2) is 40.8 Å². The summed E-state index contributed by atoms with van der Waals surface area (Å²) in [6.45, 7) is 6.08. The number of carbonyl (C=O) groups excluding carboxylic acids is 2. The molecule has 9 heteroatoms. The van der Waals surface area contributed by atoms with Crippen molar-refractivity contribution >= 4 is 61.8 Å². The SMILES string of the molecule is CC(C)N1CCC(C(=O)Nc2c(C(=O)Nc3ccc(Cl)cn3)oc3ccc(Br)cc23)CC1. The molecule has 1 fully saturated rings. The summed E-state index contributed by atoms with van der Waals surface area (Å²) in [7, 11) is 0. The number of nitrogens with zero attached hydrogens (tertiary/aromatic N) is 2. The first-order chi connectivity index (χ1) is 15.3. The van der Waals surface area contributed by atoms with Crippen LogP contribution < -0.4 is 10.6 Å². The molecular weight excluding hydrogens is 496 g/mol. The van der Waals surface area contributed by atoms with Crippen molar-refractivity contribution in [1.82, 2.24) is 9.88 Å². The molecule has 0 saturated carbocycles. The number of hydrogen-bond donors (Lipinski definition) is 2. The van der Waals surface area contributed by atoms with Crippen molar-refractivity contribution in [1.29, 1.82) is 0 Å². The van der Waals surface area contributed by atoms with Gasteiger partial charge in [-0.2, -0.15) is 0 Å². The number of hydrogen-bond acceptors (Lipinski definition) is 5. The molecule has 0 atom stereocenters. The number of fused-ring (bicyclic) bond motifs is 1. The first kappa shape index (κ1) is 22.8. The van der Waals surface area contributed by atoms with E-state index in [2.05, 4.69) is 50.3 Å². The van der Waals surface area contributed by atoms with Gasteiger partial charge in [0.2, 0.25) is 11.7 Å². The molecule has 2 N–H and O–H groups in total. The van der Waals surface area contributed by atoms with Crippen LogP contribution in [0, 0.1) is 5.92 Å². The molecule has 0 bridgehead atoms. The molecule has 3 heterocycles. The first-order valence-corrected chi connectivity index (χ1v) is 11.7. The Morgan fingerprint density at radius 1 is 1.19 bits per heavy atom. The van der Waals surface area contributed by atoms with Crippen LogP contribution >= 0.6 is 27.5 Å². The molecule has 32 heavy (non-hydrogen) atoms. The number of carbonyl (C=O) groups is 2. The van der Waals surface area contributed by atoms with Gasteiger partial charge in [0.15, 0.2) is 0 Å². The van der Waals surface area contributed by atoms with Gasteiger partial charge in [-0.1, -0.05) is 27.5 Å². The van der Waals surface area contributed by atoms with E-state index in [0.29, 0.717) is 33.5 Å². The van der Waals surface area contributed by atoms with E-state index < -0.39 is 5.91 Å². The number of aromatic nitrogens is 1.